The minimum atomic E-state index is -3.45. The van der Waals surface area contributed by atoms with Crippen LogP contribution in [-0.4, -0.2) is 42.6 Å². The van der Waals surface area contributed by atoms with Gasteiger partial charge in [-0.3, -0.25) is 8.37 Å². The summed E-state index contributed by atoms with van der Waals surface area (Å²) < 4.78 is 54.1. The summed E-state index contributed by atoms with van der Waals surface area (Å²) >= 11 is 0. The molecular formula is C11H20O6S2. The maximum Gasteiger partial charge on any atom is 0.264 e. The van der Waals surface area contributed by atoms with E-state index in [0.717, 1.165) is 31.8 Å². The van der Waals surface area contributed by atoms with Crippen LogP contribution in [0, 0.1) is 23.7 Å². The molecule has 0 unspecified atom stereocenters. The molecule has 6 nitrogen and oxygen atoms in total. The second kappa shape index (κ2) is 5.31. The Morgan fingerprint density at radius 2 is 1.21 bits per heavy atom. The number of hydrogen-bond acceptors (Lipinski definition) is 6. The number of rotatable bonds is 6. The molecule has 0 aromatic heterocycles. The molecule has 0 radical (unpaired) electrons. The van der Waals surface area contributed by atoms with Gasteiger partial charge in [-0.2, -0.15) is 16.8 Å². The van der Waals surface area contributed by atoms with Crippen LogP contribution >= 0.6 is 0 Å². The van der Waals surface area contributed by atoms with Gasteiger partial charge < -0.3 is 0 Å². The Bertz CT molecular complexity index is 475. The molecule has 0 aromatic rings. The van der Waals surface area contributed by atoms with E-state index in [1.165, 1.54) is 0 Å². The van der Waals surface area contributed by atoms with Crippen molar-refractivity contribution in [2.45, 2.75) is 19.3 Å². The smallest absolute Gasteiger partial charge is 0.264 e. The van der Waals surface area contributed by atoms with Gasteiger partial charge in [0.15, 0.2) is 0 Å². The highest BCUT2D eigenvalue weighted by molar-refractivity contribution is 7.86. The van der Waals surface area contributed by atoms with Crippen LogP contribution in [0.2, 0.25) is 0 Å². The molecule has 0 N–H and O–H groups in total. The van der Waals surface area contributed by atoms with Gasteiger partial charge >= 0.3 is 0 Å². The quantitative estimate of drug-likeness (QED) is 0.668. The Kier molecular flexibility index (Phi) is 4.25. The summed E-state index contributed by atoms with van der Waals surface area (Å²) in [5.74, 6) is 1.02. The second-order valence-corrected chi connectivity index (χ2v) is 8.93. The summed E-state index contributed by atoms with van der Waals surface area (Å²) in [5.41, 5.74) is 0. The zero-order chi connectivity index (χ0) is 14.3. The maximum absolute atomic E-state index is 11.1. The van der Waals surface area contributed by atoms with Crippen molar-refractivity contribution in [2.75, 3.05) is 25.7 Å². The highest BCUT2D eigenvalue weighted by Gasteiger charge is 2.48. The summed E-state index contributed by atoms with van der Waals surface area (Å²) in [6, 6.07) is 0. The molecule has 2 aliphatic rings. The van der Waals surface area contributed by atoms with Crippen LogP contribution in [0.1, 0.15) is 19.3 Å². The van der Waals surface area contributed by atoms with Crippen LogP contribution in [0.3, 0.4) is 0 Å². The lowest BCUT2D eigenvalue weighted by Crippen LogP contribution is -2.31. The molecule has 2 fully saturated rings. The zero-order valence-corrected chi connectivity index (χ0v) is 12.7. The van der Waals surface area contributed by atoms with Gasteiger partial charge in [-0.1, -0.05) is 0 Å². The summed E-state index contributed by atoms with van der Waals surface area (Å²) in [5, 5.41) is 0. The van der Waals surface area contributed by atoms with Crippen molar-refractivity contribution >= 4 is 20.2 Å². The topological polar surface area (TPSA) is 86.7 Å². The highest BCUT2D eigenvalue weighted by Crippen LogP contribution is 2.52. The van der Waals surface area contributed by atoms with Crippen LogP contribution in [0.25, 0.3) is 0 Å². The molecule has 4 atom stereocenters. The number of fused-ring (bicyclic) bond motifs is 2. The standard InChI is InChI=1S/C11H20O6S2/c1-18(12,13)16-6-10-8-3-4-9(5-8)11(10)7-17-19(2,14)15/h8-11H,3-7H2,1-2H3/t8-,9-,10-,11-/m0/s1. The Hall–Kier alpha value is -0.180. The van der Waals surface area contributed by atoms with E-state index < -0.39 is 20.2 Å². The summed E-state index contributed by atoms with van der Waals surface area (Å²) in [6.07, 6.45) is 5.22. The zero-order valence-electron chi connectivity index (χ0n) is 11.1. The van der Waals surface area contributed by atoms with E-state index in [0.29, 0.717) is 11.8 Å². The van der Waals surface area contributed by atoms with Gasteiger partial charge in [0.05, 0.1) is 25.7 Å². The average molecular weight is 312 g/mol. The first-order valence-electron chi connectivity index (χ1n) is 6.34. The Balaban J connectivity index is 1.99. The first-order valence-corrected chi connectivity index (χ1v) is 9.98. The highest BCUT2D eigenvalue weighted by atomic mass is 32.2. The fraction of sp³-hybridized carbons (Fsp3) is 1.00. The third-order valence-corrected chi connectivity index (χ3v) is 5.35. The first-order chi connectivity index (χ1) is 8.66. The maximum atomic E-state index is 11.1. The van der Waals surface area contributed by atoms with Gasteiger partial charge in [0.1, 0.15) is 0 Å². The van der Waals surface area contributed by atoms with Crippen molar-refractivity contribution in [3.05, 3.63) is 0 Å². The lowest BCUT2D eigenvalue weighted by Gasteiger charge is -2.29. The average Bonchev–Trinajstić information content (AvgIpc) is 2.81. The number of hydrogen-bond donors (Lipinski definition) is 0. The molecular weight excluding hydrogens is 292 g/mol. The molecule has 0 amide bonds. The predicted octanol–water partition coefficient (Wildman–Crippen LogP) is 0.601. The Labute approximate surface area is 114 Å². The molecule has 8 heteroatoms. The monoisotopic (exact) mass is 312 g/mol. The minimum absolute atomic E-state index is 0.0789. The van der Waals surface area contributed by atoms with E-state index in [9.17, 15) is 16.8 Å². The lowest BCUT2D eigenvalue weighted by molar-refractivity contribution is 0.102. The van der Waals surface area contributed by atoms with Gasteiger partial charge in [-0.25, -0.2) is 0 Å². The van der Waals surface area contributed by atoms with E-state index in [1.54, 1.807) is 0 Å². The largest absolute Gasteiger partial charge is 0.270 e. The second-order valence-electron chi connectivity index (χ2n) is 5.64. The van der Waals surface area contributed by atoms with Gasteiger partial charge in [0, 0.05) is 0 Å². The van der Waals surface area contributed by atoms with E-state index >= 15 is 0 Å². The van der Waals surface area contributed by atoms with Crippen molar-refractivity contribution in [3.8, 4) is 0 Å². The van der Waals surface area contributed by atoms with Crippen LogP contribution in [0.5, 0.6) is 0 Å². The Morgan fingerprint density at radius 1 is 0.842 bits per heavy atom. The SMILES string of the molecule is CS(=O)(=O)OC[C@H]1[C@H]2CC[C@@H](C2)[C@@H]1COS(C)(=O)=O. The summed E-state index contributed by atoms with van der Waals surface area (Å²) in [6.45, 7) is 0.273. The predicted molar refractivity (Wildman–Crippen MR) is 69.4 cm³/mol. The van der Waals surface area contributed by atoms with Crippen molar-refractivity contribution < 1.29 is 25.2 Å². The third kappa shape index (κ3) is 4.14. The third-order valence-electron chi connectivity index (χ3n) is 4.22. The van der Waals surface area contributed by atoms with E-state index in [1.807, 2.05) is 0 Å². The molecule has 112 valence electrons. The van der Waals surface area contributed by atoms with E-state index in [4.69, 9.17) is 8.37 Å². The molecule has 0 aliphatic heterocycles. The summed E-state index contributed by atoms with van der Waals surface area (Å²) in [4.78, 5) is 0. The van der Waals surface area contributed by atoms with Gasteiger partial charge in [-0.05, 0) is 42.9 Å². The molecule has 2 saturated carbocycles. The molecule has 2 rings (SSSR count). The van der Waals surface area contributed by atoms with Gasteiger partial charge in [-0.15, -0.1) is 0 Å². The van der Waals surface area contributed by atoms with Crippen molar-refractivity contribution in [1.29, 1.82) is 0 Å². The molecule has 19 heavy (non-hydrogen) atoms. The van der Waals surface area contributed by atoms with E-state index in [-0.39, 0.29) is 25.0 Å². The molecule has 0 heterocycles. The fourth-order valence-corrected chi connectivity index (χ4v) is 4.26. The van der Waals surface area contributed by atoms with Crippen molar-refractivity contribution in [1.82, 2.24) is 0 Å². The van der Waals surface area contributed by atoms with Crippen molar-refractivity contribution in [2.24, 2.45) is 23.7 Å². The van der Waals surface area contributed by atoms with E-state index in [2.05, 4.69) is 0 Å². The molecule has 2 bridgehead atoms. The molecule has 0 aromatic carbocycles. The lowest BCUT2D eigenvalue weighted by atomic mass is 9.80. The van der Waals surface area contributed by atoms with Crippen LogP contribution < -0.4 is 0 Å². The molecule has 0 saturated heterocycles. The van der Waals surface area contributed by atoms with Gasteiger partial charge in [0.25, 0.3) is 20.2 Å². The van der Waals surface area contributed by atoms with Crippen LogP contribution in [-0.2, 0) is 28.6 Å². The minimum Gasteiger partial charge on any atom is -0.270 e. The normalized spacial score (nSPS) is 34.8. The molecule has 0 spiro atoms. The molecule has 2 aliphatic carbocycles. The first kappa shape index (κ1) is 15.2. The fourth-order valence-electron chi connectivity index (χ4n) is 3.45. The van der Waals surface area contributed by atoms with Crippen molar-refractivity contribution in [3.63, 3.8) is 0 Å². The Morgan fingerprint density at radius 3 is 1.53 bits per heavy atom. The van der Waals surface area contributed by atoms with Crippen LogP contribution in [0.4, 0.5) is 0 Å². The summed E-state index contributed by atoms with van der Waals surface area (Å²) in [7, 11) is -6.91. The van der Waals surface area contributed by atoms with Crippen LogP contribution in [0.15, 0.2) is 0 Å². The van der Waals surface area contributed by atoms with Gasteiger partial charge in [0.2, 0.25) is 0 Å².